The van der Waals surface area contributed by atoms with Gasteiger partial charge in [0.1, 0.15) is 5.69 Å². The molecule has 1 saturated heterocycles. The topological polar surface area (TPSA) is 133 Å². The van der Waals surface area contributed by atoms with Crippen LogP contribution in [0.4, 0.5) is 11.4 Å². The number of ether oxygens (including phenoxy) is 3. The number of benzene rings is 2. The number of hydrogen-bond donors (Lipinski definition) is 1. The van der Waals surface area contributed by atoms with E-state index >= 15 is 0 Å². The summed E-state index contributed by atoms with van der Waals surface area (Å²) in [5, 5.41) is 15.5. The lowest BCUT2D eigenvalue weighted by atomic mass is 10.2. The summed E-state index contributed by atoms with van der Waals surface area (Å²) < 4.78 is 42.3. The van der Waals surface area contributed by atoms with Crippen molar-refractivity contribution in [3.63, 3.8) is 0 Å². The van der Waals surface area contributed by atoms with Gasteiger partial charge in [-0.05, 0) is 35.9 Å². The van der Waals surface area contributed by atoms with Gasteiger partial charge in [0.05, 0.1) is 43.5 Å². The van der Waals surface area contributed by atoms with Crippen molar-refractivity contribution in [2.75, 3.05) is 45.9 Å². The lowest BCUT2D eigenvalue weighted by molar-refractivity contribution is -0.384. The molecule has 166 valence electrons. The minimum absolute atomic E-state index is 0.0580. The van der Waals surface area contributed by atoms with E-state index < -0.39 is 20.6 Å². The summed E-state index contributed by atoms with van der Waals surface area (Å²) >= 11 is 0. The number of nitrogens with zero attached hydrogens (tertiary/aromatic N) is 3. The Bertz CT molecular complexity index is 1080. The van der Waals surface area contributed by atoms with Crippen molar-refractivity contribution in [1.29, 1.82) is 0 Å². The monoisotopic (exact) mass is 450 g/mol. The molecule has 0 saturated carbocycles. The van der Waals surface area contributed by atoms with Crippen LogP contribution in [0, 0.1) is 10.1 Å². The summed E-state index contributed by atoms with van der Waals surface area (Å²) in [6.45, 7) is 0.967. The van der Waals surface area contributed by atoms with Gasteiger partial charge in [0.15, 0.2) is 11.5 Å². The first-order valence-corrected chi connectivity index (χ1v) is 10.7. The summed E-state index contributed by atoms with van der Waals surface area (Å²) in [5.74, 6) is 1.07. The van der Waals surface area contributed by atoms with Gasteiger partial charge in [-0.15, -0.1) is 0 Å². The fourth-order valence-corrected chi connectivity index (χ4v) is 4.39. The zero-order chi connectivity index (χ0) is 22.4. The zero-order valence-corrected chi connectivity index (χ0v) is 17.8. The summed E-state index contributed by atoms with van der Waals surface area (Å²) in [6.07, 6.45) is 1.45. The molecule has 3 rings (SSSR count). The van der Waals surface area contributed by atoms with Crippen molar-refractivity contribution in [2.45, 2.75) is 4.90 Å². The molecular weight excluding hydrogens is 428 g/mol. The molecule has 12 heteroatoms. The van der Waals surface area contributed by atoms with Crippen LogP contribution in [0.15, 0.2) is 46.4 Å². The second-order valence-corrected chi connectivity index (χ2v) is 8.37. The Morgan fingerprint density at radius 2 is 1.84 bits per heavy atom. The van der Waals surface area contributed by atoms with Crippen LogP contribution in [0.1, 0.15) is 5.56 Å². The smallest absolute Gasteiger partial charge is 0.295 e. The van der Waals surface area contributed by atoms with E-state index in [1.807, 2.05) is 0 Å². The fourth-order valence-electron chi connectivity index (χ4n) is 2.96. The number of methoxy groups -OCH3 is 2. The van der Waals surface area contributed by atoms with Gasteiger partial charge in [0.25, 0.3) is 5.69 Å². The molecule has 0 amide bonds. The molecule has 0 radical (unpaired) electrons. The third kappa shape index (κ3) is 5.10. The maximum atomic E-state index is 12.8. The molecule has 0 aliphatic carbocycles. The molecule has 0 bridgehead atoms. The van der Waals surface area contributed by atoms with Gasteiger partial charge >= 0.3 is 0 Å². The second-order valence-electron chi connectivity index (χ2n) is 6.44. The number of hydrogen-bond acceptors (Lipinski definition) is 9. The molecule has 1 fully saturated rings. The van der Waals surface area contributed by atoms with Gasteiger partial charge in [0, 0.05) is 19.2 Å². The van der Waals surface area contributed by atoms with E-state index in [0.717, 1.165) is 6.07 Å². The van der Waals surface area contributed by atoms with Gasteiger partial charge in [-0.3, -0.25) is 15.5 Å². The number of nitrogens with one attached hydrogen (secondary N) is 1. The second kappa shape index (κ2) is 9.73. The maximum absolute atomic E-state index is 12.8. The number of anilines is 1. The van der Waals surface area contributed by atoms with Crippen LogP contribution >= 0.6 is 0 Å². The molecule has 0 atom stereocenters. The Kier molecular flexibility index (Phi) is 7.05. The Hall–Kier alpha value is -3.22. The first-order valence-electron chi connectivity index (χ1n) is 9.24. The molecule has 2 aromatic rings. The molecule has 1 aliphatic heterocycles. The Morgan fingerprint density at radius 3 is 2.48 bits per heavy atom. The van der Waals surface area contributed by atoms with Crippen molar-refractivity contribution in [1.82, 2.24) is 4.31 Å². The highest BCUT2D eigenvalue weighted by atomic mass is 32.2. The molecule has 0 aromatic heterocycles. The van der Waals surface area contributed by atoms with E-state index in [-0.39, 0.29) is 36.9 Å². The largest absolute Gasteiger partial charge is 0.493 e. The quantitative estimate of drug-likeness (QED) is 0.367. The van der Waals surface area contributed by atoms with Crippen LogP contribution in [0.5, 0.6) is 11.5 Å². The average Bonchev–Trinajstić information content (AvgIpc) is 2.79. The number of morpholine rings is 1. The number of nitro benzene ring substituents is 1. The standard InChI is InChI=1S/C19H22N4O7S/c1-28-18-6-3-14(11-19(18)29-2)13-20-21-16-5-4-15(12-17(16)23(24)25)31(26,27)22-7-9-30-10-8-22/h3-6,11-13,21H,7-10H2,1-2H3. The van der Waals surface area contributed by atoms with Crippen LogP contribution in [0.25, 0.3) is 0 Å². The van der Waals surface area contributed by atoms with Gasteiger partial charge in [-0.2, -0.15) is 9.41 Å². The number of sulfonamides is 1. The highest BCUT2D eigenvalue weighted by Crippen LogP contribution is 2.30. The van der Waals surface area contributed by atoms with Crippen LogP contribution in [-0.2, 0) is 14.8 Å². The highest BCUT2D eigenvalue weighted by molar-refractivity contribution is 7.89. The molecule has 1 aliphatic rings. The lowest BCUT2D eigenvalue weighted by Gasteiger charge is -2.26. The van der Waals surface area contributed by atoms with Gasteiger partial charge in [-0.1, -0.05) is 0 Å². The van der Waals surface area contributed by atoms with E-state index in [2.05, 4.69) is 10.5 Å². The minimum Gasteiger partial charge on any atom is -0.493 e. The fraction of sp³-hybridized carbons (Fsp3) is 0.316. The maximum Gasteiger partial charge on any atom is 0.295 e. The van der Waals surface area contributed by atoms with Crippen molar-refractivity contribution >= 4 is 27.6 Å². The van der Waals surface area contributed by atoms with E-state index in [0.29, 0.717) is 17.1 Å². The first-order chi connectivity index (χ1) is 14.9. The third-order valence-corrected chi connectivity index (χ3v) is 6.47. The Morgan fingerprint density at radius 1 is 1.13 bits per heavy atom. The normalized spacial score (nSPS) is 15.0. The van der Waals surface area contributed by atoms with Crippen molar-refractivity contribution < 1.29 is 27.6 Å². The number of hydrazone groups is 1. The zero-order valence-electron chi connectivity index (χ0n) is 17.0. The van der Waals surface area contributed by atoms with Gasteiger partial charge < -0.3 is 14.2 Å². The van der Waals surface area contributed by atoms with E-state index in [9.17, 15) is 18.5 Å². The summed E-state index contributed by atoms with van der Waals surface area (Å²) in [7, 11) is -0.826. The molecule has 1 N–H and O–H groups in total. The van der Waals surface area contributed by atoms with Crippen LogP contribution in [0.3, 0.4) is 0 Å². The molecule has 31 heavy (non-hydrogen) atoms. The third-order valence-electron chi connectivity index (χ3n) is 4.58. The summed E-state index contributed by atoms with van der Waals surface area (Å²) in [4.78, 5) is 10.7. The van der Waals surface area contributed by atoms with Crippen molar-refractivity contribution in [3.8, 4) is 11.5 Å². The Labute approximate surface area is 179 Å². The molecule has 1 heterocycles. The highest BCUT2D eigenvalue weighted by Gasteiger charge is 2.28. The molecule has 0 spiro atoms. The number of nitro groups is 1. The molecule has 2 aromatic carbocycles. The number of rotatable bonds is 8. The first kappa shape index (κ1) is 22.5. The van der Waals surface area contributed by atoms with Crippen molar-refractivity contribution in [3.05, 3.63) is 52.1 Å². The predicted octanol–water partition coefficient (Wildman–Crippen LogP) is 2.08. The van der Waals surface area contributed by atoms with E-state index in [1.54, 1.807) is 18.2 Å². The SMILES string of the molecule is COc1ccc(C=NNc2ccc(S(=O)(=O)N3CCOCC3)cc2[N+](=O)[O-])cc1OC. The van der Waals surface area contributed by atoms with Crippen LogP contribution < -0.4 is 14.9 Å². The minimum atomic E-state index is -3.86. The summed E-state index contributed by atoms with van der Waals surface area (Å²) in [5.41, 5.74) is 2.91. The van der Waals surface area contributed by atoms with Gasteiger partial charge in [-0.25, -0.2) is 8.42 Å². The van der Waals surface area contributed by atoms with Crippen LogP contribution in [0.2, 0.25) is 0 Å². The van der Waals surface area contributed by atoms with E-state index in [4.69, 9.17) is 14.2 Å². The predicted molar refractivity (Wildman–Crippen MR) is 113 cm³/mol. The lowest BCUT2D eigenvalue weighted by Crippen LogP contribution is -2.40. The molecule has 0 unspecified atom stereocenters. The Balaban J connectivity index is 1.82. The van der Waals surface area contributed by atoms with Crippen molar-refractivity contribution in [2.24, 2.45) is 5.10 Å². The summed E-state index contributed by atoms with van der Waals surface area (Å²) in [6, 6.07) is 8.78. The molecular formula is C19H22N4O7S. The average molecular weight is 450 g/mol. The molecule has 11 nitrogen and oxygen atoms in total. The van der Waals surface area contributed by atoms with Crippen LogP contribution in [-0.4, -0.2) is 64.4 Å². The van der Waals surface area contributed by atoms with Gasteiger partial charge in [0.2, 0.25) is 10.0 Å². The van der Waals surface area contributed by atoms with E-state index in [1.165, 1.54) is 36.9 Å².